The number of hydrogen-bond donors (Lipinski definition) is 1. The molecule has 1 aromatic carbocycles. The highest BCUT2D eigenvalue weighted by Crippen LogP contribution is 2.35. The Morgan fingerprint density at radius 2 is 1.96 bits per heavy atom. The van der Waals surface area contributed by atoms with Crippen LogP contribution in [-0.2, 0) is 20.7 Å². The molecule has 0 radical (unpaired) electrons. The van der Waals surface area contributed by atoms with Crippen LogP contribution in [0.4, 0.5) is 0 Å². The van der Waals surface area contributed by atoms with Crippen LogP contribution in [0.15, 0.2) is 24.3 Å². The van der Waals surface area contributed by atoms with Gasteiger partial charge in [0.25, 0.3) is 5.91 Å². The molecular formula is C21H32N2O3. The molecule has 1 aromatic rings. The van der Waals surface area contributed by atoms with Crippen LogP contribution >= 0.6 is 0 Å². The SMILES string of the molecule is CC(=O)OC(C)C(=O)NC1CCC(Cc2cccc(C)c2)(N(C)C)CC1. The Labute approximate surface area is 157 Å². The molecule has 5 heteroatoms. The van der Waals surface area contributed by atoms with Crippen LogP contribution < -0.4 is 5.32 Å². The number of ether oxygens (including phenoxy) is 1. The number of rotatable bonds is 6. The Bertz CT molecular complexity index is 634. The first-order chi connectivity index (χ1) is 12.2. The second kappa shape index (κ2) is 8.67. The van der Waals surface area contributed by atoms with Crippen molar-refractivity contribution in [3.8, 4) is 0 Å². The number of likely N-dealkylation sites (N-methyl/N-ethyl adjacent to an activating group) is 1. The molecule has 1 unspecified atom stereocenters. The molecule has 26 heavy (non-hydrogen) atoms. The van der Waals surface area contributed by atoms with Gasteiger partial charge >= 0.3 is 5.97 Å². The minimum Gasteiger partial charge on any atom is -0.453 e. The van der Waals surface area contributed by atoms with Crippen molar-refractivity contribution in [1.82, 2.24) is 10.2 Å². The Hall–Kier alpha value is -1.88. The molecule has 1 atom stereocenters. The predicted molar refractivity (Wildman–Crippen MR) is 103 cm³/mol. The van der Waals surface area contributed by atoms with E-state index < -0.39 is 12.1 Å². The zero-order valence-electron chi connectivity index (χ0n) is 16.7. The van der Waals surface area contributed by atoms with Crippen molar-refractivity contribution < 1.29 is 14.3 Å². The Morgan fingerprint density at radius 1 is 1.31 bits per heavy atom. The van der Waals surface area contributed by atoms with E-state index in [1.807, 2.05) is 0 Å². The van der Waals surface area contributed by atoms with Gasteiger partial charge in [-0.05, 0) is 65.6 Å². The number of esters is 1. The minimum absolute atomic E-state index is 0.122. The van der Waals surface area contributed by atoms with Gasteiger partial charge in [-0.1, -0.05) is 29.8 Å². The Balaban J connectivity index is 1.96. The molecular weight excluding hydrogens is 328 g/mol. The predicted octanol–water partition coefficient (Wildman–Crippen LogP) is 2.85. The number of aryl methyl sites for hydroxylation is 1. The molecule has 0 aliphatic heterocycles. The van der Waals surface area contributed by atoms with Crippen molar-refractivity contribution in [3.05, 3.63) is 35.4 Å². The van der Waals surface area contributed by atoms with Crippen molar-refractivity contribution in [1.29, 1.82) is 0 Å². The zero-order chi connectivity index (χ0) is 19.3. The lowest BCUT2D eigenvalue weighted by molar-refractivity contribution is -0.153. The van der Waals surface area contributed by atoms with Crippen molar-refractivity contribution >= 4 is 11.9 Å². The number of hydrogen-bond acceptors (Lipinski definition) is 4. The van der Waals surface area contributed by atoms with E-state index in [-0.39, 0.29) is 17.5 Å². The number of carbonyl (C=O) groups is 2. The molecule has 0 heterocycles. The molecule has 2 rings (SSSR count). The highest BCUT2D eigenvalue weighted by atomic mass is 16.5. The maximum atomic E-state index is 12.2. The molecule has 1 aliphatic rings. The molecule has 0 bridgehead atoms. The van der Waals surface area contributed by atoms with Gasteiger partial charge in [0.05, 0.1) is 0 Å². The third kappa shape index (κ3) is 5.31. The summed E-state index contributed by atoms with van der Waals surface area (Å²) < 4.78 is 4.96. The molecule has 1 N–H and O–H groups in total. The Kier molecular flexibility index (Phi) is 6.81. The third-order valence-electron chi connectivity index (χ3n) is 5.54. The smallest absolute Gasteiger partial charge is 0.303 e. The normalized spacial score (nSPS) is 24.2. The van der Waals surface area contributed by atoms with Crippen LogP contribution in [0.3, 0.4) is 0 Å². The summed E-state index contributed by atoms with van der Waals surface area (Å²) in [5.41, 5.74) is 2.78. The van der Waals surface area contributed by atoms with Crippen LogP contribution in [0.25, 0.3) is 0 Å². The van der Waals surface area contributed by atoms with E-state index in [1.54, 1.807) is 6.92 Å². The lowest BCUT2D eigenvalue weighted by Gasteiger charge is -2.45. The van der Waals surface area contributed by atoms with Gasteiger partial charge in [0.1, 0.15) is 0 Å². The van der Waals surface area contributed by atoms with Gasteiger partial charge in [0.15, 0.2) is 6.10 Å². The maximum Gasteiger partial charge on any atom is 0.303 e. The third-order valence-corrected chi connectivity index (χ3v) is 5.54. The van der Waals surface area contributed by atoms with Gasteiger partial charge in [-0.3, -0.25) is 9.59 Å². The van der Waals surface area contributed by atoms with E-state index in [9.17, 15) is 9.59 Å². The van der Waals surface area contributed by atoms with Crippen LogP contribution in [-0.4, -0.2) is 48.6 Å². The summed E-state index contributed by atoms with van der Waals surface area (Å²) in [6, 6.07) is 8.86. The van der Waals surface area contributed by atoms with Crippen LogP contribution in [0.1, 0.15) is 50.7 Å². The fraction of sp³-hybridized carbons (Fsp3) is 0.619. The molecule has 5 nitrogen and oxygen atoms in total. The van der Waals surface area contributed by atoms with E-state index in [1.165, 1.54) is 18.1 Å². The monoisotopic (exact) mass is 360 g/mol. The number of benzene rings is 1. The number of nitrogens with one attached hydrogen (secondary N) is 1. The molecule has 1 fully saturated rings. The first-order valence-electron chi connectivity index (χ1n) is 9.42. The summed E-state index contributed by atoms with van der Waals surface area (Å²) in [6.45, 7) is 5.06. The average molecular weight is 360 g/mol. The van der Waals surface area contributed by atoms with Gasteiger partial charge in [-0.2, -0.15) is 0 Å². The summed E-state index contributed by atoms with van der Waals surface area (Å²) in [4.78, 5) is 25.5. The van der Waals surface area contributed by atoms with Crippen molar-refractivity contribution in [2.75, 3.05) is 14.1 Å². The second-order valence-electron chi connectivity index (χ2n) is 7.82. The molecule has 1 saturated carbocycles. The van der Waals surface area contributed by atoms with Crippen LogP contribution in [0, 0.1) is 6.92 Å². The Morgan fingerprint density at radius 3 is 2.50 bits per heavy atom. The highest BCUT2D eigenvalue weighted by Gasteiger charge is 2.38. The first-order valence-corrected chi connectivity index (χ1v) is 9.42. The lowest BCUT2D eigenvalue weighted by atomic mass is 9.74. The quantitative estimate of drug-likeness (QED) is 0.793. The standard InChI is InChI=1S/C21H32N2O3/c1-15-7-6-8-18(13-15)14-21(23(4)5)11-9-19(10-12-21)22-20(25)16(2)26-17(3)24/h6-8,13,16,19H,9-12,14H2,1-5H3,(H,22,25). The van der Waals surface area contributed by atoms with Crippen molar-refractivity contribution in [2.24, 2.45) is 0 Å². The summed E-state index contributed by atoms with van der Waals surface area (Å²) in [5.74, 6) is -0.637. The fourth-order valence-corrected chi connectivity index (χ4v) is 3.90. The summed E-state index contributed by atoms with van der Waals surface area (Å²) in [5, 5.41) is 3.04. The molecule has 144 valence electrons. The summed E-state index contributed by atoms with van der Waals surface area (Å²) in [6.07, 6.45) is 4.21. The molecule has 0 spiro atoms. The topological polar surface area (TPSA) is 58.6 Å². The lowest BCUT2D eigenvalue weighted by Crippen LogP contribution is -2.53. The highest BCUT2D eigenvalue weighted by molar-refractivity contribution is 5.83. The maximum absolute atomic E-state index is 12.2. The van der Waals surface area contributed by atoms with E-state index in [0.29, 0.717) is 0 Å². The van der Waals surface area contributed by atoms with Gasteiger partial charge in [-0.25, -0.2) is 0 Å². The van der Waals surface area contributed by atoms with Gasteiger partial charge in [0, 0.05) is 18.5 Å². The van der Waals surface area contributed by atoms with Crippen molar-refractivity contribution in [3.63, 3.8) is 0 Å². The van der Waals surface area contributed by atoms with Crippen molar-refractivity contribution in [2.45, 2.75) is 70.6 Å². The largest absolute Gasteiger partial charge is 0.453 e. The minimum atomic E-state index is -0.736. The van der Waals surface area contributed by atoms with E-state index in [0.717, 1.165) is 32.1 Å². The van der Waals surface area contributed by atoms with Gasteiger partial charge in [0.2, 0.25) is 0 Å². The van der Waals surface area contributed by atoms with Gasteiger partial charge in [-0.15, -0.1) is 0 Å². The zero-order valence-corrected chi connectivity index (χ0v) is 16.7. The first kappa shape index (κ1) is 20.4. The number of carbonyl (C=O) groups excluding carboxylic acids is 2. The number of amides is 1. The molecule has 1 aliphatic carbocycles. The summed E-state index contributed by atoms with van der Waals surface area (Å²) >= 11 is 0. The molecule has 1 amide bonds. The van der Waals surface area contributed by atoms with E-state index >= 15 is 0 Å². The van der Waals surface area contributed by atoms with Crippen LogP contribution in [0.2, 0.25) is 0 Å². The van der Waals surface area contributed by atoms with Crippen LogP contribution in [0.5, 0.6) is 0 Å². The molecule has 0 aromatic heterocycles. The fourth-order valence-electron chi connectivity index (χ4n) is 3.90. The van der Waals surface area contributed by atoms with E-state index in [4.69, 9.17) is 4.74 Å². The second-order valence-corrected chi connectivity index (χ2v) is 7.82. The summed E-state index contributed by atoms with van der Waals surface area (Å²) in [7, 11) is 4.30. The van der Waals surface area contributed by atoms with E-state index in [2.05, 4.69) is 55.5 Å². The van der Waals surface area contributed by atoms with Gasteiger partial charge < -0.3 is 15.0 Å². The average Bonchev–Trinajstić information content (AvgIpc) is 2.56. The number of nitrogens with zero attached hydrogens (tertiary/aromatic N) is 1. The molecule has 0 saturated heterocycles.